The smallest absolute Gasteiger partial charge is 0.341 e. The lowest BCUT2D eigenvalue weighted by Gasteiger charge is -2.08. The number of carbonyl (C=O) groups is 1. The molecule has 16 heavy (non-hydrogen) atoms. The Kier molecular flexibility index (Phi) is 3.51. The fraction of sp³-hybridized carbons (Fsp3) is 0.200. The fourth-order valence-electron chi connectivity index (χ4n) is 1.17. The molecule has 0 unspecified atom stereocenters. The molecule has 0 fully saturated rings. The van der Waals surface area contributed by atoms with Crippen LogP contribution in [0.3, 0.4) is 0 Å². The van der Waals surface area contributed by atoms with Crippen molar-refractivity contribution in [3.05, 3.63) is 34.6 Å². The van der Waals surface area contributed by atoms with Crippen molar-refractivity contribution in [2.45, 2.75) is 6.43 Å². The number of carbonyl (C=O) groups excluding carboxylic acids is 1. The summed E-state index contributed by atoms with van der Waals surface area (Å²) in [6.07, 6.45) is -3.02. The summed E-state index contributed by atoms with van der Waals surface area (Å²) in [6.45, 7) is 0. The van der Waals surface area contributed by atoms with Crippen molar-refractivity contribution >= 4 is 5.97 Å². The molecule has 0 aliphatic heterocycles. The number of nitrogens with zero attached hydrogens (tertiary/aromatic N) is 1. The van der Waals surface area contributed by atoms with Gasteiger partial charge in [0.05, 0.1) is 12.7 Å². The Morgan fingerprint density at radius 1 is 1.50 bits per heavy atom. The van der Waals surface area contributed by atoms with E-state index in [1.165, 1.54) is 6.07 Å². The Morgan fingerprint density at radius 2 is 2.12 bits per heavy atom. The molecule has 0 radical (unpaired) electrons. The average molecular weight is 229 g/mol. The number of rotatable bonds is 2. The predicted molar refractivity (Wildman–Crippen MR) is 47.4 cm³/mol. The van der Waals surface area contributed by atoms with Crippen molar-refractivity contribution in [1.29, 1.82) is 5.26 Å². The number of hydrogen-bond donors (Lipinski definition) is 0. The molecule has 0 heterocycles. The molecule has 1 aromatic carbocycles. The van der Waals surface area contributed by atoms with Gasteiger partial charge in [0.2, 0.25) is 0 Å². The first-order valence-corrected chi connectivity index (χ1v) is 4.11. The van der Waals surface area contributed by atoms with Gasteiger partial charge in [-0.05, 0) is 6.07 Å². The van der Waals surface area contributed by atoms with Crippen molar-refractivity contribution in [2.75, 3.05) is 7.11 Å². The highest BCUT2D eigenvalue weighted by Crippen LogP contribution is 2.27. The monoisotopic (exact) mass is 229 g/mol. The zero-order valence-corrected chi connectivity index (χ0v) is 8.13. The van der Waals surface area contributed by atoms with Gasteiger partial charge in [-0.3, -0.25) is 0 Å². The Balaban J connectivity index is 3.50. The van der Waals surface area contributed by atoms with Crippen molar-refractivity contribution in [2.24, 2.45) is 0 Å². The minimum atomic E-state index is -3.02. The molecule has 0 aromatic heterocycles. The van der Waals surface area contributed by atoms with Crippen LogP contribution in [0.25, 0.3) is 0 Å². The van der Waals surface area contributed by atoms with Gasteiger partial charge in [0.15, 0.2) is 5.82 Å². The van der Waals surface area contributed by atoms with Gasteiger partial charge in [0.1, 0.15) is 11.6 Å². The summed E-state index contributed by atoms with van der Waals surface area (Å²) in [7, 11) is 0.941. The molecular weight excluding hydrogens is 223 g/mol. The highest BCUT2D eigenvalue weighted by molar-refractivity contribution is 5.92. The lowest BCUT2D eigenvalue weighted by molar-refractivity contribution is 0.0583. The molecule has 6 heteroatoms. The number of hydrogen-bond acceptors (Lipinski definition) is 3. The normalized spacial score (nSPS) is 10.0. The molecule has 0 atom stereocenters. The van der Waals surface area contributed by atoms with Gasteiger partial charge in [0.25, 0.3) is 6.43 Å². The Hall–Kier alpha value is -2.03. The molecule has 0 aliphatic carbocycles. The van der Waals surface area contributed by atoms with E-state index < -0.39 is 34.9 Å². The molecule has 1 rings (SSSR count). The zero-order valence-electron chi connectivity index (χ0n) is 8.13. The van der Waals surface area contributed by atoms with Gasteiger partial charge in [0, 0.05) is 5.56 Å². The summed E-state index contributed by atoms with van der Waals surface area (Å²) in [5.41, 5.74) is -2.16. The minimum Gasteiger partial charge on any atom is -0.465 e. The van der Waals surface area contributed by atoms with Crippen molar-refractivity contribution in [3.8, 4) is 6.07 Å². The summed E-state index contributed by atoms with van der Waals surface area (Å²) in [5.74, 6) is -2.52. The van der Waals surface area contributed by atoms with Crippen molar-refractivity contribution < 1.29 is 22.7 Å². The maximum atomic E-state index is 13.5. The number of alkyl halides is 2. The molecule has 0 spiro atoms. The van der Waals surface area contributed by atoms with Gasteiger partial charge in [-0.25, -0.2) is 18.0 Å². The Labute approximate surface area is 89.1 Å². The van der Waals surface area contributed by atoms with E-state index in [4.69, 9.17) is 5.26 Å². The van der Waals surface area contributed by atoms with E-state index in [1.54, 1.807) is 0 Å². The van der Waals surface area contributed by atoms with Crippen LogP contribution < -0.4 is 0 Å². The van der Waals surface area contributed by atoms with E-state index in [1.807, 2.05) is 0 Å². The van der Waals surface area contributed by atoms with Crippen LogP contribution in [0.2, 0.25) is 0 Å². The third kappa shape index (κ3) is 1.98. The van der Waals surface area contributed by atoms with E-state index in [0.29, 0.717) is 0 Å². The van der Waals surface area contributed by atoms with Crippen LogP contribution >= 0.6 is 0 Å². The second kappa shape index (κ2) is 4.66. The lowest BCUT2D eigenvalue weighted by atomic mass is 10.0. The third-order valence-corrected chi connectivity index (χ3v) is 1.92. The zero-order chi connectivity index (χ0) is 12.3. The van der Waals surface area contributed by atoms with Gasteiger partial charge in [-0.1, -0.05) is 6.07 Å². The van der Waals surface area contributed by atoms with Crippen LogP contribution in [0, 0.1) is 17.1 Å². The highest BCUT2D eigenvalue weighted by atomic mass is 19.3. The maximum Gasteiger partial charge on any atom is 0.341 e. The molecule has 0 saturated carbocycles. The first-order chi connectivity index (χ1) is 7.52. The van der Waals surface area contributed by atoms with E-state index in [2.05, 4.69) is 4.74 Å². The van der Waals surface area contributed by atoms with Gasteiger partial charge < -0.3 is 4.74 Å². The second-order valence-corrected chi connectivity index (χ2v) is 2.80. The number of benzene rings is 1. The van der Waals surface area contributed by atoms with Gasteiger partial charge >= 0.3 is 5.97 Å². The third-order valence-electron chi connectivity index (χ3n) is 1.92. The number of ether oxygens (including phenoxy) is 1. The standard InChI is InChI=1S/C10H6F3NO2/c1-16-10(15)7-6(9(12)13)3-2-5(4-14)8(7)11/h2-3,9H,1H3. The van der Waals surface area contributed by atoms with Crippen molar-refractivity contribution in [1.82, 2.24) is 0 Å². The van der Waals surface area contributed by atoms with Crippen molar-refractivity contribution in [3.63, 3.8) is 0 Å². The molecule has 84 valence electrons. The molecule has 1 aromatic rings. The molecule has 0 aliphatic rings. The minimum absolute atomic E-state index is 0.482. The van der Waals surface area contributed by atoms with Gasteiger partial charge in [-0.2, -0.15) is 5.26 Å². The second-order valence-electron chi connectivity index (χ2n) is 2.80. The molecule has 0 amide bonds. The largest absolute Gasteiger partial charge is 0.465 e. The van der Waals surface area contributed by atoms with Crippen LogP contribution in [-0.4, -0.2) is 13.1 Å². The van der Waals surface area contributed by atoms with E-state index in [9.17, 15) is 18.0 Å². The summed E-state index contributed by atoms with van der Waals surface area (Å²) in [6, 6.07) is 3.18. The SMILES string of the molecule is COC(=O)c1c(C(F)F)ccc(C#N)c1F. The average Bonchev–Trinajstić information content (AvgIpc) is 2.27. The Morgan fingerprint density at radius 3 is 2.56 bits per heavy atom. The predicted octanol–water partition coefficient (Wildman–Crippen LogP) is 2.42. The first kappa shape index (κ1) is 12.0. The summed E-state index contributed by atoms with van der Waals surface area (Å²) in [5, 5.41) is 8.50. The van der Waals surface area contributed by atoms with Crippen LogP contribution in [0.5, 0.6) is 0 Å². The molecule has 3 nitrogen and oxygen atoms in total. The quantitative estimate of drug-likeness (QED) is 0.731. The lowest BCUT2D eigenvalue weighted by Crippen LogP contribution is -2.10. The van der Waals surface area contributed by atoms with Crippen LogP contribution in [0.4, 0.5) is 13.2 Å². The molecule has 0 bridgehead atoms. The van der Waals surface area contributed by atoms with Crippen LogP contribution in [0.1, 0.15) is 27.9 Å². The topological polar surface area (TPSA) is 50.1 Å². The van der Waals surface area contributed by atoms with E-state index in [-0.39, 0.29) is 0 Å². The number of methoxy groups -OCH3 is 1. The number of esters is 1. The van der Waals surface area contributed by atoms with Gasteiger partial charge in [-0.15, -0.1) is 0 Å². The van der Waals surface area contributed by atoms with E-state index >= 15 is 0 Å². The van der Waals surface area contributed by atoms with E-state index in [0.717, 1.165) is 19.2 Å². The molecule has 0 saturated heterocycles. The maximum absolute atomic E-state index is 13.5. The molecule has 0 N–H and O–H groups in total. The number of halogens is 3. The summed E-state index contributed by atoms with van der Waals surface area (Å²) in [4.78, 5) is 11.1. The summed E-state index contributed by atoms with van der Waals surface area (Å²) < 4.78 is 42.6. The highest BCUT2D eigenvalue weighted by Gasteiger charge is 2.25. The van der Waals surface area contributed by atoms with Crippen LogP contribution in [0.15, 0.2) is 12.1 Å². The summed E-state index contributed by atoms with van der Waals surface area (Å²) >= 11 is 0. The van der Waals surface area contributed by atoms with Crippen LogP contribution in [-0.2, 0) is 4.74 Å². The number of nitriles is 1. The molecular formula is C10H6F3NO2. The first-order valence-electron chi connectivity index (χ1n) is 4.11. The fourth-order valence-corrected chi connectivity index (χ4v) is 1.17. The Bertz CT molecular complexity index is 466.